The van der Waals surface area contributed by atoms with E-state index in [9.17, 15) is 19.8 Å². The molecule has 4 nitrogen and oxygen atoms in total. The van der Waals surface area contributed by atoms with E-state index in [4.69, 9.17) is 0 Å². The predicted octanol–water partition coefficient (Wildman–Crippen LogP) is 5.50. The van der Waals surface area contributed by atoms with Gasteiger partial charge in [-0.25, -0.2) is 0 Å². The molecule has 0 atom stereocenters. The lowest BCUT2D eigenvalue weighted by Crippen LogP contribution is -2.53. The SMILES string of the molecule is CCCCCCC(CCC)(CCC)C(CCC)(C(=O)O)C(=O)O. The molecule has 0 aromatic rings. The van der Waals surface area contributed by atoms with E-state index >= 15 is 0 Å². The zero-order valence-corrected chi connectivity index (χ0v) is 15.5. The first-order valence-electron chi connectivity index (χ1n) is 9.35. The fraction of sp³-hybridized carbons (Fsp3) is 0.895. The van der Waals surface area contributed by atoms with Crippen molar-refractivity contribution in [1.82, 2.24) is 0 Å². The van der Waals surface area contributed by atoms with Crippen LogP contribution in [0.5, 0.6) is 0 Å². The van der Waals surface area contributed by atoms with Gasteiger partial charge in [0.15, 0.2) is 5.41 Å². The highest BCUT2D eigenvalue weighted by molar-refractivity contribution is 5.99. The Hall–Kier alpha value is -1.06. The van der Waals surface area contributed by atoms with Crippen LogP contribution in [0.4, 0.5) is 0 Å². The van der Waals surface area contributed by atoms with Gasteiger partial charge in [-0.05, 0) is 31.1 Å². The Balaban J connectivity index is 5.86. The van der Waals surface area contributed by atoms with Crippen molar-refractivity contribution >= 4 is 11.9 Å². The standard InChI is InChI=1S/C19H36O4/c1-5-9-10-11-15-18(12-6-2,13-7-3)19(14-8-4,16(20)21)17(22)23/h5-15H2,1-4H3,(H,20,21)(H,22,23). The number of aliphatic carboxylic acids is 2. The second kappa shape index (κ2) is 10.7. The van der Waals surface area contributed by atoms with Crippen LogP contribution >= 0.6 is 0 Å². The molecule has 0 aromatic heterocycles. The molecular weight excluding hydrogens is 292 g/mol. The Morgan fingerprint density at radius 2 is 1.13 bits per heavy atom. The van der Waals surface area contributed by atoms with Gasteiger partial charge in [0.1, 0.15) is 0 Å². The number of unbranched alkanes of at least 4 members (excludes halogenated alkanes) is 3. The number of hydrogen-bond donors (Lipinski definition) is 2. The van der Waals surface area contributed by atoms with Gasteiger partial charge in [-0.1, -0.05) is 72.6 Å². The molecule has 2 N–H and O–H groups in total. The third kappa shape index (κ3) is 4.95. The quantitative estimate of drug-likeness (QED) is 0.326. The van der Waals surface area contributed by atoms with Gasteiger partial charge in [-0.2, -0.15) is 0 Å². The molecule has 0 heterocycles. The van der Waals surface area contributed by atoms with Gasteiger partial charge in [0.25, 0.3) is 0 Å². The van der Waals surface area contributed by atoms with Crippen molar-refractivity contribution < 1.29 is 19.8 Å². The Kier molecular flexibility index (Phi) is 10.2. The summed E-state index contributed by atoms with van der Waals surface area (Å²) in [6.45, 7) is 8.06. The maximum Gasteiger partial charge on any atom is 0.321 e. The van der Waals surface area contributed by atoms with Crippen LogP contribution in [-0.4, -0.2) is 22.2 Å². The summed E-state index contributed by atoms with van der Waals surface area (Å²) >= 11 is 0. The molecule has 0 amide bonds. The summed E-state index contributed by atoms with van der Waals surface area (Å²) in [4.78, 5) is 24.3. The van der Waals surface area contributed by atoms with Gasteiger partial charge in [0.2, 0.25) is 0 Å². The van der Waals surface area contributed by atoms with Crippen molar-refractivity contribution in [3.63, 3.8) is 0 Å². The van der Waals surface area contributed by atoms with Crippen LogP contribution in [0.3, 0.4) is 0 Å². The molecule has 0 aliphatic heterocycles. The van der Waals surface area contributed by atoms with Crippen molar-refractivity contribution in [2.24, 2.45) is 10.8 Å². The van der Waals surface area contributed by atoms with Crippen molar-refractivity contribution in [1.29, 1.82) is 0 Å². The second-order valence-electron chi connectivity index (χ2n) is 6.86. The number of rotatable bonds is 14. The van der Waals surface area contributed by atoms with E-state index in [0.717, 1.165) is 38.5 Å². The summed E-state index contributed by atoms with van der Waals surface area (Å²) in [7, 11) is 0. The topological polar surface area (TPSA) is 74.6 Å². The molecule has 0 bridgehead atoms. The highest BCUT2D eigenvalue weighted by atomic mass is 16.4. The van der Waals surface area contributed by atoms with E-state index in [1.54, 1.807) is 0 Å². The van der Waals surface area contributed by atoms with Crippen LogP contribution in [0.15, 0.2) is 0 Å². The molecule has 0 spiro atoms. The number of carbonyl (C=O) groups is 2. The zero-order valence-electron chi connectivity index (χ0n) is 15.5. The summed E-state index contributed by atoms with van der Waals surface area (Å²) < 4.78 is 0. The number of carboxylic acid groups (broad SMARTS) is 2. The molecule has 0 fully saturated rings. The van der Waals surface area contributed by atoms with Crippen molar-refractivity contribution in [2.75, 3.05) is 0 Å². The molecule has 0 aliphatic rings. The van der Waals surface area contributed by atoms with Crippen LogP contribution in [0.1, 0.15) is 98.3 Å². The normalized spacial score (nSPS) is 12.3. The molecule has 0 radical (unpaired) electrons. The van der Waals surface area contributed by atoms with Crippen LogP contribution in [0, 0.1) is 10.8 Å². The minimum Gasteiger partial charge on any atom is -0.480 e. The largest absolute Gasteiger partial charge is 0.480 e. The minimum atomic E-state index is -1.65. The first-order valence-corrected chi connectivity index (χ1v) is 9.35. The van der Waals surface area contributed by atoms with Gasteiger partial charge < -0.3 is 10.2 Å². The van der Waals surface area contributed by atoms with E-state index < -0.39 is 22.8 Å². The van der Waals surface area contributed by atoms with Gasteiger partial charge in [-0.3, -0.25) is 9.59 Å². The lowest BCUT2D eigenvalue weighted by Gasteiger charge is -2.46. The van der Waals surface area contributed by atoms with Crippen LogP contribution < -0.4 is 0 Å². The second-order valence-corrected chi connectivity index (χ2v) is 6.86. The molecule has 0 aliphatic carbocycles. The van der Waals surface area contributed by atoms with E-state index in [2.05, 4.69) is 6.92 Å². The smallest absolute Gasteiger partial charge is 0.321 e. The van der Waals surface area contributed by atoms with Crippen LogP contribution in [-0.2, 0) is 9.59 Å². The van der Waals surface area contributed by atoms with Crippen LogP contribution in [0.2, 0.25) is 0 Å². The fourth-order valence-corrected chi connectivity index (χ4v) is 4.26. The number of hydrogen-bond acceptors (Lipinski definition) is 2. The summed E-state index contributed by atoms with van der Waals surface area (Å²) in [5.41, 5.74) is -2.29. The zero-order chi connectivity index (χ0) is 17.9. The van der Waals surface area contributed by atoms with E-state index in [-0.39, 0.29) is 6.42 Å². The summed E-state index contributed by atoms with van der Waals surface area (Å²) in [5, 5.41) is 19.9. The molecule has 23 heavy (non-hydrogen) atoms. The molecule has 4 heteroatoms. The molecule has 0 aromatic carbocycles. The molecule has 0 rings (SSSR count). The van der Waals surface area contributed by atoms with E-state index in [1.807, 2.05) is 20.8 Å². The molecule has 0 saturated carbocycles. The third-order valence-corrected chi connectivity index (χ3v) is 5.23. The van der Waals surface area contributed by atoms with Crippen LogP contribution in [0.25, 0.3) is 0 Å². The lowest BCUT2D eigenvalue weighted by atomic mass is 9.55. The maximum absolute atomic E-state index is 12.2. The summed E-state index contributed by atoms with van der Waals surface area (Å²) in [6, 6.07) is 0. The van der Waals surface area contributed by atoms with Gasteiger partial charge >= 0.3 is 11.9 Å². The molecule has 0 saturated heterocycles. The fourth-order valence-electron chi connectivity index (χ4n) is 4.26. The minimum absolute atomic E-state index is 0.214. The van der Waals surface area contributed by atoms with Crippen molar-refractivity contribution in [3.05, 3.63) is 0 Å². The van der Waals surface area contributed by atoms with E-state index in [0.29, 0.717) is 25.7 Å². The Morgan fingerprint density at radius 3 is 1.48 bits per heavy atom. The molecule has 0 unspecified atom stereocenters. The van der Waals surface area contributed by atoms with Crippen molar-refractivity contribution in [2.45, 2.75) is 98.3 Å². The molecular formula is C19H36O4. The summed E-state index contributed by atoms with van der Waals surface area (Å²) in [6.07, 6.45) is 8.67. The Labute approximate surface area is 141 Å². The van der Waals surface area contributed by atoms with E-state index in [1.165, 1.54) is 0 Å². The Morgan fingerprint density at radius 1 is 0.652 bits per heavy atom. The van der Waals surface area contributed by atoms with Gasteiger partial charge in [0.05, 0.1) is 0 Å². The number of carboxylic acids is 2. The predicted molar refractivity (Wildman–Crippen MR) is 93.6 cm³/mol. The highest BCUT2D eigenvalue weighted by Gasteiger charge is 2.60. The summed E-state index contributed by atoms with van der Waals surface area (Å²) in [5.74, 6) is -2.30. The van der Waals surface area contributed by atoms with Crippen molar-refractivity contribution in [3.8, 4) is 0 Å². The Bertz CT molecular complexity index is 342. The maximum atomic E-state index is 12.2. The third-order valence-electron chi connectivity index (χ3n) is 5.23. The average molecular weight is 328 g/mol. The monoisotopic (exact) mass is 328 g/mol. The molecule has 136 valence electrons. The average Bonchev–Trinajstić information content (AvgIpc) is 2.48. The first-order chi connectivity index (χ1) is 10.9. The van der Waals surface area contributed by atoms with Gasteiger partial charge in [0, 0.05) is 0 Å². The highest BCUT2D eigenvalue weighted by Crippen LogP contribution is 2.53. The van der Waals surface area contributed by atoms with Gasteiger partial charge in [-0.15, -0.1) is 0 Å². The lowest BCUT2D eigenvalue weighted by molar-refractivity contribution is -0.180. The first kappa shape index (κ1) is 21.9.